The summed E-state index contributed by atoms with van der Waals surface area (Å²) in [4.78, 5) is 70.5. The molecule has 2 saturated heterocycles. The van der Waals surface area contributed by atoms with E-state index in [2.05, 4.69) is 52.3 Å². The Labute approximate surface area is 309 Å². The van der Waals surface area contributed by atoms with Crippen molar-refractivity contribution in [3.8, 4) is 11.1 Å². The summed E-state index contributed by atoms with van der Waals surface area (Å²) >= 11 is 0. The number of benzene rings is 2. The zero-order valence-corrected chi connectivity index (χ0v) is 29.2. The third-order valence-corrected chi connectivity index (χ3v) is 13.2. The predicted molar refractivity (Wildman–Crippen MR) is 193 cm³/mol. The van der Waals surface area contributed by atoms with Gasteiger partial charge in [-0.05, 0) is 47.9 Å². The first-order valence-corrected chi connectivity index (χ1v) is 18.6. The molecule has 274 valence electrons. The molecular formula is C40H38N8O6. The van der Waals surface area contributed by atoms with Crippen molar-refractivity contribution in [2.24, 2.45) is 0 Å². The van der Waals surface area contributed by atoms with E-state index in [4.69, 9.17) is 0 Å². The third-order valence-electron chi connectivity index (χ3n) is 13.2. The number of amides is 2. The Morgan fingerprint density at radius 2 is 1.09 bits per heavy atom. The topological polar surface area (TPSA) is 197 Å². The Hall–Kier alpha value is -5.78. The number of aromatic amines is 2. The molecule has 6 heterocycles. The van der Waals surface area contributed by atoms with Crippen LogP contribution in [0.5, 0.6) is 0 Å². The average Bonchev–Trinajstić information content (AvgIpc) is 4.01. The minimum absolute atomic E-state index is 0.0727. The van der Waals surface area contributed by atoms with Crippen molar-refractivity contribution in [2.75, 3.05) is 13.1 Å². The average molecular weight is 727 g/mol. The summed E-state index contributed by atoms with van der Waals surface area (Å²) in [5.41, 5.74) is 4.20. The predicted octanol–water partition coefficient (Wildman–Crippen LogP) is 5.09. The molecule has 2 aliphatic carbocycles. The van der Waals surface area contributed by atoms with E-state index in [0.717, 1.165) is 71.0 Å². The van der Waals surface area contributed by atoms with E-state index >= 15 is 0 Å². The number of nitrogens with one attached hydrogen (secondary N) is 4. The SMILES string of the molecule is O=C=C1CC2(NC(=O)O)C(c3cnc([nH]3)C3CCCN32)C1c1ccc(-c2ccc([C@H]3C(=C=O)C[C@]4(NC(=O)O)[C@@H]3c3cnc([nH]3)C3CCCN34)cc2)cc1. The highest BCUT2D eigenvalue weighted by Crippen LogP contribution is 2.61. The van der Waals surface area contributed by atoms with Gasteiger partial charge in [0.2, 0.25) is 0 Å². The maximum Gasteiger partial charge on any atom is 0.406 e. The quantitative estimate of drug-likeness (QED) is 0.151. The van der Waals surface area contributed by atoms with Crippen LogP contribution in [0, 0.1) is 0 Å². The Balaban J connectivity index is 0.983. The summed E-state index contributed by atoms with van der Waals surface area (Å²) in [6.45, 7) is 1.38. The first-order valence-electron chi connectivity index (χ1n) is 18.6. The van der Waals surface area contributed by atoms with Crippen LogP contribution in [-0.2, 0) is 9.59 Å². The van der Waals surface area contributed by atoms with E-state index in [1.165, 1.54) is 0 Å². The fourth-order valence-electron chi connectivity index (χ4n) is 11.3. The van der Waals surface area contributed by atoms with Crippen molar-refractivity contribution < 1.29 is 29.4 Å². The second-order valence-electron chi connectivity index (χ2n) is 15.6. The summed E-state index contributed by atoms with van der Waals surface area (Å²) in [7, 11) is 0. The number of rotatable bonds is 5. The molecule has 2 aromatic carbocycles. The molecule has 10 rings (SSSR count). The summed E-state index contributed by atoms with van der Waals surface area (Å²) in [5, 5.41) is 25.9. The summed E-state index contributed by atoms with van der Waals surface area (Å²) < 4.78 is 0. The molecule has 2 aromatic heterocycles. The molecule has 4 aromatic rings. The van der Waals surface area contributed by atoms with Crippen molar-refractivity contribution in [2.45, 2.75) is 85.6 Å². The molecule has 0 spiro atoms. The van der Waals surface area contributed by atoms with Crippen molar-refractivity contribution in [3.05, 3.63) is 106 Å². The Morgan fingerprint density at radius 3 is 1.46 bits per heavy atom. The zero-order chi connectivity index (χ0) is 36.9. The molecule has 4 bridgehead atoms. The molecule has 14 heteroatoms. The minimum Gasteiger partial charge on any atom is -0.465 e. The number of fused-ring (bicyclic) bond motifs is 14. The lowest BCUT2D eigenvalue weighted by Gasteiger charge is -2.45. The van der Waals surface area contributed by atoms with Crippen LogP contribution >= 0.6 is 0 Å². The number of H-pyrrole nitrogens is 2. The Morgan fingerprint density at radius 1 is 0.685 bits per heavy atom. The van der Waals surface area contributed by atoms with E-state index in [9.17, 15) is 29.4 Å². The second-order valence-corrected chi connectivity index (χ2v) is 15.6. The van der Waals surface area contributed by atoms with Gasteiger partial charge in [-0.2, -0.15) is 0 Å². The molecule has 4 fully saturated rings. The van der Waals surface area contributed by atoms with E-state index < -0.39 is 47.2 Å². The molecule has 6 N–H and O–H groups in total. The Bertz CT molecular complexity index is 2140. The van der Waals surface area contributed by atoms with Crippen LogP contribution in [0.25, 0.3) is 11.1 Å². The lowest BCUT2D eigenvalue weighted by Crippen LogP contribution is -2.61. The molecule has 8 atom stereocenters. The summed E-state index contributed by atoms with van der Waals surface area (Å²) in [5.74, 6) is 4.37. The maximum atomic E-state index is 12.6. The highest BCUT2D eigenvalue weighted by molar-refractivity contribution is 5.71. The van der Waals surface area contributed by atoms with Gasteiger partial charge >= 0.3 is 12.2 Å². The number of carbonyl (C=O) groups is 2. The number of imidazole rings is 2. The number of nitrogens with zero attached hydrogens (tertiary/aromatic N) is 4. The van der Waals surface area contributed by atoms with Crippen LogP contribution in [0.15, 0.2) is 72.1 Å². The molecule has 6 aliphatic rings. The number of hydrogen-bond acceptors (Lipinski definition) is 8. The smallest absolute Gasteiger partial charge is 0.406 e. The van der Waals surface area contributed by atoms with Gasteiger partial charge < -0.3 is 30.8 Å². The summed E-state index contributed by atoms with van der Waals surface area (Å²) in [6, 6.07) is 15.9. The number of carboxylic acid groups (broad SMARTS) is 2. The number of aromatic nitrogens is 4. The van der Waals surface area contributed by atoms with Crippen LogP contribution < -0.4 is 10.6 Å². The molecule has 5 unspecified atom stereocenters. The van der Waals surface area contributed by atoms with Crippen molar-refractivity contribution >= 4 is 24.1 Å². The third kappa shape index (κ3) is 4.54. The van der Waals surface area contributed by atoms with E-state index in [-0.39, 0.29) is 24.9 Å². The first-order chi connectivity index (χ1) is 26.2. The summed E-state index contributed by atoms with van der Waals surface area (Å²) in [6.07, 6.45) is 5.23. The van der Waals surface area contributed by atoms with E-state index in [0.29, 0.717) is 24.2 Å². The fourth-order valence-corrected chi connectivity index (χ4v) is 11.3. The van der Waals surface area contributed by atoms with Gasteiger partial charge in [0.15, 0.2) is 0 Å². The molecule has 0 radical (unpaired) electrons. The van der Waals surface area contributed by atoms with Gasteiger partial charge in [-0.15, -0.1) is 0 Å². The molecular weight excluding hydrogens is 688 g/mol. The van der Waals surface area contributed by atoms with Gasteiger partial charge in [-0.25, -0.2) is 29.1 Å². The van der Waals surface area contributed by atoms with Crippen LogP contribution in [0.2, 0.25) is 0 Å². The van der Waals surface area contributed by atoms with E-state index in [1.807, 2.05) is 48.5 Å². The van der Waals surface area contributed by atoms with E-state index in [1.54, 1.807) is 12.4 Å². The normalized spacial score (nSPS) is 32.1. The Kier molecular flexibility index (Phi) is 7.21. The minimum atomic E-state index is -1.14. The van der Waals surface area contributed by atoms with Crippen LogP contribution in [-0.4, -0.2) is 88.4 Å². The van der Waals surface area contributed by atoms with Crippen molar-refractivity contribution in [1.29, 1.82) is 0 Å². The fraction of sp³-hybridized carbons (Fsp3) is 0.400. The largest absolute Gasteiger partial charge is 0.465 e. The number of hydrogen-bond donors (Lipinski definition) is 6. The monoisotopic (exact) mass is 726 g/mol. The second kappa shape index (κ2) is 11.9. The van der Waals surface area contributed by atoms with Gasteiger partial charge in [0.05, 0.1) is 12.1 Å². The van der Waals surface area contributed by atoms with Crippen LogP contribution in [0.4, 0.5) is 9.59 Å². The maximum absolute atomic E-state index is 12.6. The molecule has 54 heavy (non-hydrogen) atoms. The lowest BCUT2D eigenvalue weighted by molar-refractivity contribution is 0.0327. The van der Waals surface area contributed by atoms with Gasteiger partial charge in [0.1, 0.15) is 34.9 Å². The van der Waals surface area contributed by atoms with Gasteiger partial charge in [-0.3, -0.25) is 9.80 Å². The highest BCUT2D eigenvalue weighted by atomic mass is 16.4. The first kappa shape index (κ1) is 32.8. The highest BCUT2D eigenvalue weighted by Gasteiger charge is 2.63. The van der Waals surface area contributed by atoms with Gasteiger partial charge in [0, 0.05) is 84.5 Å². The van der Waals surface area contributed by atoms with Gasteiger partial charge in [0.25, 0.3) is 0 Å². The van der Waals surface area contributed by atoms with Crippen molar-refractivity contribution in [1.82, 2.24) is 40.4 Å². The molecule has 4 aliphatic heterocycles. The van der Waals surface area contributed by atoms with Crippen molar-refractivity contribution in [3.63, 3.8) is 0 Å². The van der Waals surface area contributed by atoms with Crippen LogP contribution in [0.1, 0.15) is 108 Å². The number of carbonyl (C=O) groups excluding carboxylic acids is 2. The molecule has 14 nitrogen and oxygen atoms in total. The zero-order valence-electron chi connectivity index (χ0n) is 29.2. The van der Waals surface area contributed by atoms with Crippen LogP contribution in [0.3, 0.4) is 0 Å². The standard InChI is InChI=1S/C40H38N8O6/c49-19-25-15-39(45-37(51)52)33(27-17-41-35(43-27)29-3-1-13-47(29)39)31(25)23-9-5-21(6-10-23)22-7-11-24(12-8-22)32-26(20-50)16-40(46-38(53)54)34(32)28-18-42-36(44-28)30-4-2-14-48(30)40/h5-12,17-18,29-34,45-46H,1-4,13-16H2,(H,41,43)(H,42,44)(H,51,52)(H,53,54)/t29?,30?,31-,32?,33+,34?,39+,40?/m0/s1. The lowest BCUT2D eigenvalue weighted by atomic mass is 9.80. The van der Waals surface area contributed by atoms with Gasteiger partial charge in [-0.1, -0.05) is 48.5 Å². The molecule has 2 amide bonds. The molecule has 2 saturated carbocycles.